The SMILES string of the molecule is C.Cc1cc(Nc2cc(N3CC(O)(C4CC4)C3)nc(Sc3ccc(NC(=O)C4CC4)cc3F)n2)n[nH]1.[HH].[HH].[HH]. The number of aliphatic hydroxyl groups is 1. The van der Waals surface area contributed by atoms with Gasteiger partial charge in [0.1, 0.15) is 23.1 Å². The zero-order valence-electron chi connectivity index (χ0n) is 19.2. The van der Waals surface area contributed by atoms with Crippen molar-refractivity contribution in [3.05, 3.63) is 41.8 Å². The zero-order valence-corrected chi connectivity index (χ0v) is 20.0. The molecular weight excluding hydrogens is 481 g/mol. The molecule has 3 heterocycles. The van der Waals surface area contributed by atoms with E-state index in [0.717, 1.165) is 43.1 Å². The first-order valence-electron chi connectivity index (χ1n) is 11.8. The summed E-state index contributed by atoms with van der Waals surface area (Å²) in [6, 6.07) is 8.31. The molecule has 3 fully saturated rings. The Morgan fingerprint density at radius 1 is 1.19 bits per heavy atom. The van der Waals surface area contributed by atoms with Gasteiger partial charge in [-0.05, 0) is 68.5 Å². The molecule has 0 radical (unpaired) electrons. The van der Waals surface area contributed by atoms with Crippen molar-refractivity contribution in [1.82, 2.24) is 20.2 Å². The summed E-state index contributed by atoms with van der Waals surface area (Å²) in [5.41, 5.74) is 0.692. The molecule has 3 aromatic rings. The Labute approximate surface area is 217 Å². The first-order valence-corrected chi connectivity index (χ1v) is 12.6. The highest BCUT2D eigenvalue weighted by Crippen LogP contribution is 2.46. The predicted molar refractivity (Wildman–Crippen MR) is 143 cm³/mol. The summed E-state index contributed by atoms with van der Waals surface area (Å²) >= 11 is 1.11. The van der Waals surface area contributed by atoms with E-state index in [2.05, 4.69) is 30.8 Å². The first kappa shape index (κ1) is 24.5. The van der Waals surface area contributed by atoms with Crippen molar-refractivity contribution in [2.24, 2.45) is 11.8 Å². The van der Waals surface area contributed by atoms with Crippen LogP contribution in [0.1, 0.15) is 43.1 Å². The van der Waals surface area contributed by atoms with Gasteiger partial charge < -0.3 is 20.6 Å². The molecular formula is C25H36FN7O2S. The van der Waals surface area contributed by atoms with Crippen LogP contribution in [0.5, 0.6) is 0 Å². The Morgan fingerprint density at radius 2 is 1.97 bits per heavy atom. The molecule has 2 aromatic heterocycles. The second-order valence-corrected chi connectivity index (χ2v) is 10.7. The van der Waals surface area contributed by atoms with Gasteiger partial charge in [-0.25, -0.2) is 14.4 Å². The number of nitrogens with zero attached hydrogens (tertiary/aromatic N) is 4. The maximum Gasteiger partial charge on any atom is 0.227 e. The largest absolute Gasteiger partial charge is 0.386 e. The average Bonchev–Trinajstić information content (AvgIpc) is 3.71. The Bertz CT molecular complexity index is 1300. The smallest absolute Gasteiger partial charge is 0.227 e. The fourth-order valence-electron chi connectivity index (χ4n) is 4.30. The third-order valence-electron chi connectivity index (χ3n) is 6.59. The molecule has 1 aliphatic heterocycles. The number of hydrogen-bond acceptors (Lipinski definition) is 8. The van der Waals surface area contributed by atoms with Crippen LogP contribution in [0.4, 0.5) is 27.5 Å². The Kier molecular flexibility index (Phi) is 6.37. The highest BCUT2D eigenvalue weighted by Gasteiger charge is 2.52. The van der Waals surface area contributed by atoms with Crippen molar-refractivity contribution >= 4 is 40.8 Å². The summed E-state index contributed by atoms with van der Waals surface area (Å²) in [5, 5.41) is 24.2. The molecule has 196 valence electrons. The number of nitrogens with one attached hydrogen (secondary N) is 3. The van der Waals surface area contributed by atoms with Crippen LogP contribution in [0.3, 0.4) is 0 Å². The van der Waals surface area contributed by atoms with Gasteiger partial charge in [0, 0.05) is 33.7 Å². The number of H-pyrrole nitrogens is 1. The minimum absolute atomic E-state index is 0. The lowest BCUT2D eigenvalue weighted by atomic mass is 9.89. The summed E-state index contributed by atoms with van der Waals surface area (Å²) in [6.45, 7) is 2.94. The zero-order chi connectivity index (χ0) is 24.2. The van der Waals surface area contributed by atoms with E-state index in [9.17, 15) is 14.3 Å². The molecule has 4 N–H and O–H groups in total. The number of anilines is 4. The van der Waals surface area contributed by atoms with Gasteiger partial charge in [0.15, 0.2) is 11.0 Å². The predicted octanol–water partition coefficient (Wildman–Crippen LogP) is 5.23. The fraction of sp³-hybridized carbons (Fsp3) is 0.440. The molecule has 0 spiro atoms. The first-order chi connectivity index (χ1) is 16.8. The van der Waals surface area contributed by atoms with Gasteiger partial charge in [0.2, 0.25) is 5.91 Å². The van der Waals surface area contributed by atoms with Crippen molar-refractivity contribution in [3.8, 4) is 0 Å². The highest BCUT2D eigenvalue weighted by molar-refractivity contribution is 7.99. The average molecular weight is 518 g/mol. The van der Waals surface area contributed by atoms with Crippen LogP contribution in [-0.4, -0.2) is 49.9 Å². The molecule has 0 bridgehead atoms. The number of aromatic amines is 1. The monoisotopic (exact) mass is 517 g/mol. The van der Waals surface area contributed by atoms with Crippen molar-refractivity contribution in [3.63, 3.8) is 0 Å². The lowest BCUT2D eigenvalue weighted by molar-refractivity contribution is -0.117. The Balaban J connectivity index is 0.00000133. The van der Waals surface area contributed by atoms with Crippen LogP contribution in [0.25, 0.3) is 0 Å². The lowest BCUT2D eigenvalue weighted by Crippen LogP contribution is -2.63. The van der Waals surface area contributed by atoms with Crippen molar-refractivity contribution < 1.29 is 18.6 Å². The number of carbonyl (C=O) groups excluding carboxylic acids is 1. The van der Waals surface area contributed by atoms with E-state index in [1.165, 1.54) is 6.07 Å². The number of rotatable bonds is 8. The van der Waals surface area contributed by atoms with Gasteiger partial charge in [-0.3, -0.25) is 9.89 Å². The van der Waals surface area contributed by atoms with Crippen LogP contribution < -0.4 is 15.5 Å². The van der Waals surface area contributed by atoms with Crippen molar-refractivity contribution in [1.29, 1.82) is 0 Å². The topological polar surface area (TPSA) is 119 Å². The molecule has 1 saturated heterocycles. The number of carbonyl (C=O) groups is 1. The summed E-state index contributed by atoms with van der Waals surface area (Å²) in [4.78, 5) is 23.6. The van der Waals surface area contributed by atoms with E-state index in [1.54, 1.807) is 12.1 Å². The normalized spacial score (nSPS) is 18.2. The summed E-state index contributed by atoms with van der Waals surface area (Å²) in [6.07, 6.45) is 3.91. The minimum atomic E-state index is -0.655. The van der Waals surface area contributed by atoms with Gasteiger partial charge in [-0.2, -0.15) is 5.10 Å². The molecule has 0 atom stereocenters. The summed E-state index contributed by atoms with van der Waals surface area (Å²) < 4.78 is 14.9. The molecule has 11 heteroatoms. The molecule has 2 aliphatic carbocycles. The fourth-order valence-corrected chi connectivity index (χ4v) is 5.08. The van der Waals surface area contributed by atoms with Crippen molar-refractivity contribution in [2.45, 2.75) is 55.7 Å². The van der Waals surface area contributed by atoms with Gasteiger partial charge in [0.05, 0.1) is 18.0 Å². The van der Waals surface area contributed by atoms with E-state index in [-0.39, 0.29) is 23.5 Å². The van der Waals surface area contributed by atoms with E-state index < -0.39 is 11.4 Å². The maximum atomic E-state index is 14.9. The van der Waals surface area contributed by atoms with Crippen LogP contribution in [0.15, 0.2) is 40.4 Å². The van der Waals surface area contributed by atoms with Crippen LogP contribution in [0, 0.1) is 24.6 Å². The third kappa shape index (κ3) is 5.17. The number of hydrogen-bond donors (Lipinski definition) is 4. The molecule has 0 unspecified atom stereocenters. The minimum Gasteiger partial charge on any atom is -0.386 e. The number of halogens is 1. The molecule has 3 aliphatic rings. The lowest BCUT2D eigenvalue weighted by Gasteiger charge is -2.47. The molecule has 2 saturated carbocycles. The van der Waals surface area contributed by atoms with E-state index in [1.807, 2.05) is 24.0 Å². The number of amides is 1. The van der Waals surface area contributed by atoms with Gasteiger partial charge in [-0.15, -0.1) is 0 Å². The van der Waals surface area contributed by atoms with E-state index >= 15 is 0 Å². The third-order valence-corrected chi connectivity index (χ3v) is 7.51. The van der Waals surface area contributed by atoms with E-state index in [0.29, 0.717) is 52.2 Å². The van der Waals surface area contributed by atoms with Gasteiger partial charge in [0.25, 0.3) is 0 Å². The van der Waals surface area contributed by atoms with E-state index in [4.69, 9.17) is 0 Å². The highest BCUT2D eigenvalue weighted by atomic mass is 32.2. The van der Waals surface area contributed by atoms with Gasteiger partial charge >= 0.3 is 0 Å². The number of β-amino-alcohol motifs (C(OH)–C–C–N with tert-alkyl or cyclic N) is 1. The van der Waals surface area contributed by atoms with Crippen LogP contribution >= 0.6 is 11.8 Å². The number of aryl methyl sites for hydroxylation is 1. The maximum absolute atomic E-state index is 14.9. The van der Waals surface area contributed by atoms with Crippen LogP contribution in [-0.2, 0) is 4.79 Å². The number of aromatic nitrogens is 4. The molecule has 9 nitrogen and oxygen atoms in total. The molecule has 1 aromatic carbocycles. The van der Waals surface area contributed by atoms with Crippen molar-refractivity contribution in [2.75, 3.05) is 28.6 Å². The standard InChI is InChI=1S/C24H26FN7O2S.CH4.3H2/c1-13-8-20(31-30-13)27-19-10-21(32-11-24(34,12-32)15-4-5-15)29-23(28-19)35-18-7-6-16(9-17(18)25)26-22(33)14-2-3-14;;;;/h6-10,14-15,34H,2-5,11-12H2,1H3,(H,26,33)(H2,27,28,29,30,31);1H4;3*1H. The number of benzene rings is 1. The summed E-state index contributed by atoms with van der Waals surface area (Å²) in [7, 11) is 0. The van der Waals surface area contributed by atoms with Gasteiger partial charge in [-0.1, -0.05) is 7.43 Å². The quantitative estimate of drug-likeness (QED) is 0.300. The molecule has 36 heavy (non-hydrogen) atoms. The molecule has 6 rings (SSSR count). The second-order valence-electron chi connectivity index (χ2n) is 9.70. The Hall–Kier alpha value is -3.18. The second kappa shape index (κ2) is 9.36. The Morgan fingerprint density at radius 3 is 2.61 bits per heavy atom. The summed E-state index contributed by atoms with van der Waals surface area (Å²) in [5.74, 6) is 1.70. The molecule has 1 amide bonds. The van der Waals surface area contributed by atoms with Crippen LogP contribution in [0.2, 0.25) is 0 Å².